The Hall–Kier alpha value is -1.67. The van der Waals surface area contributed by atoms with E-state index in [4.69, 9.17) is 0 Å². The van der Waals surface area contributed by atoms with Gasteiger partial charge in [-0.05, 0) is 31.8 Å². The number of rotatable bonds is 4. The summed E-state index contributed by atoms with van der Waals surface area (Å²) in [4.78, 5) is 28.0. The molecule has 128 valence electrons. The van der Waals surface area contributed by atoms with E-state index in [0.29, 0.717) is 13.1 Å². The maximum atomic E-state index is 12.3. The summed E-state index contributed by atoms with van der Waals surface area (Å²) in [6, 6.07) is 0. The molecule has 0 aliphatic carbocycles. The van der Waals surface area contributed by atoms with E-state index in [1.54, 1.807) is 18.7 Å². The van der Waals surface area contributed by atoms with Crippen molar-refractivity contribution in [2.45, 2.75) is 32.5 Å². The molecule has 8 heteroatoms. The molecule has 3 rings (SSSR count). The van der Waals surface area contributed by atoms with Gasteiger partial charge in [0, 0.05) is 33.7 Å². The van der Waals surface area contributed by atoms with Crippen LogP contribution in [0.2, 0.25) is 0 Å². The molecular weight excluding hydrogens is 296 g/mol. The van der Waals surface area contributed by atoms with Gasteiger partial charge in [-0.25, -0.2) is 9.48 Å². The molecule has 2 aliphatic heterocycles. The minimum atomic E-state index is -0.170. The second-order valence-corrected chi connectivity index (χ2v) is 6.72. The molecule has 0 saturated carbocycles. The Kier molecular flexibility index (Phi) is 4.82. The van der Waals surface area contributed by atoms with Crippen LogP contribution in [-0.4, -0.2) is 70.3 Å². The number of piperidine rings is 1. The first-order valence-electron chi connectivity index (χ1n) is 8.34. The molecule has 0 unspecified atom stereocenters. The van der Waals surface area contributed by atoms with Gasteiger partial charge in [-0.15, -0.1) is 0 Å². The fourth-order valence-electron chi connectivity index (χ4n) is 3.31. The largest absolute Gasteiger partial charge is 0.347 e. The monoisotopic (exact) mass is 322 g/mol. The molecule has 3 heterocycles. The highest BCUT2D eigenvalue weighted by molar-refractivity contribution is 5.75. The molecule has 1 fully saturated rings. The lowest BCUT2D eigenvalue weighted by atomic mass is 9.97. The predicted molar refractivity (Wildman–Crippen MR) is 86.1 cm³/mol. The van der Waals surface area contributed by atoms with Gasteiger partial charge in [-0.3, -0.25) is 14.3 Å². The zero-order valence-corrected chi connectivity index (χ0v) is 14.0. The number of carbonyl (C=O) groups is 1. The minimum Gasteiger partial charge on any atom is -0.347 e. The van der Waals surface area contributed by atoms with Crippen LogP contribution in [0.5, 0.6) is 0 Å². The average molecular weight is 322 g/mol. The van der Waals surface area contributed by atoms with E-state index in [1.165, 1.54) is 22.4 Å². The lowest BCUT2D eigenvalue weighted by Gasteiger charge is -2.32. The van der Waals surface area contributed by atoms with Gasteiger partial charge in [0.2, 0.25) is 5.91 Å². The van der Waals surface area contributed by atoms with Crippen LogP contribution in [0.25, 0.3) is 0 Å². The number of hydrogen-bond acceptors (Lipinski definition) is 5. The molecule has 0 aromatic carbocycles. The van der Waals surface area contributed by atoms with E-state index in [1.807, 2.05) is 0 Å². The number of fused-ring (bicyclic) bond motifs is 1. The SMILES string of the molecule is CN(C)C(=O)Cn1nc2n(c1=O)CCN(CC1CCNCC1)C2. The van der Waals surface area contributed by atoms with Crippen molar-refractivity contribution in [2.24, 2.45) is 5.92 Å². The number of amides is 1. The number of nitrogens with one attached hydrogen (secondary N) is 1. The fourth-order valence-corrected chi connectivity index (χ4v) is 3.31. The van der Waals surface area contributed by atoms with Crippen LogP contribution < -0.4 is 11.0 Å². The molecule has 2 aliphatic rings. The van der Waals surface area contributed by atoms with E-state index >= 15 is 0 Å². The van der Waals surface area contributed by atoms with Crippen LogP contribution in [0.4, 0.5) is 0 Å². The van der Waals surface area contributed by atoms with Crippen molar-refractivity contribution in [3.8, 4) is 0 Å². The van der Waals surface area contributed by atoms with Crippen molar-refractivity contribution in [3.63, 3.8) is 0 Å². The third-order valence-corrected chi connectivity index (χ3v) is 4.76. The molecule has 0 bridgehead atoms. The standard InChI is InChI=1S/C15H26N6O2/c1-18(2)14(22)11-21-15(23)20-8-7-19(10-13(20)17-21)9-12-3-5-16-6-4-12/h12,16H,3-11H2,1-2H3. The summed E-state index contributed by atoms with van der Waals surface area (Å²) >= 11 is 0. The molecule has 8 nitrogen and oxygen atoms in total. The Balaban J connectivity index is 1.66. The topological polar surface area (TPSA) is 75.4 Å². The molecule has 1 amide bonds. The molecule has 23 heavy (non-hydrogen) atoms. The quantitative estimate of drug-likeness (QED) is 0.765. The van der Waals surface area contributed by atoms with Crippen LogP contribution in [-0.2, 0) is 24.4 Å². The summed E-state index contributed by atoms with van der Waals surface area (Å²) in [6.07, 6.45) is 2.43. The zero-order valence-electron chi connectivity index (χ0n) is 14.0. The van der Waals surface area contributed by atoms with Crippen molar-refractivity contribution < 1.29 is 4.79 Å². The fraction of sp³-hybridized carbons (Fsp3) is 0.800. The van der Waals surface area contributed by atoms with Crippen molar-refractivity contribution in [1.82, 2.24) is 29.5 Å². The molecule has 0 radical (unpaired) electrons. The van der Waals surface area contributed by atoms with E-state index in [-0.39, 0.29) is 18.1 Å². The van der Waals surface area contributed by atoms with Crippen LogP contribution in [0, 0.1) is 5.92 Å². The predicted octanol–water partition coefficient (Wildman–Crippen LogP) is -1.05. The highest BCUT2D eigenvalue weighted by Crippen LogP contribution is 2.16. The lowest BCUT2D eigenvalue weighted by Crippen LogP contribution is -2.42. The average Bonchev–Trinajstić information content (AvgIpc) is 2.84. The zero-order chi connectivity index (χ0) is 16.4. The number of likely N-dealkylation sites (N-methyl/N-ethyl adjacent to an activating group) is 1. The summed E-state index contributed by atoms with van der Waals surface area (Å²) in [5, 5.41) is 7.77. The van der Waals surface area contributed by atoms with E-state index < -0.39 is 0 Å². The summed E-state index contributed by atoms with van der Waals surface area (Å²) in [5.74, 6) is 1.39. The number of aromatic nitrogens is 3. The molecule has 0 spiro atoms. The van der Waals surface area contributed by atoms with Crippen LogP contribution in [0.3, 0.4) is 0 Å². The number of hydrogen-bond donors (Lipinski definition) is 1. The molecule has 0 atom stereocenters. The van der Waals surface area contributed by atoms with Gasteiger partial charge in [-0.1, -0.05) is 0 Å². The maximum absolute atomic E-state index is 12.3. The molecule has 1 aromatic rings. The van der Waals surface area contributed by atoms with Crippen LogP contribution in [0.1, 0.15) is 18.7 Å². The first-order chi connectivity index (χ1) is 11.0. The second kappa shape index (κ2) is 6.84. The summed E-state index contributed by atoms with van der Waals surface area (Å²) in [5.41, 5.74) is -0.170. The molecule has 1 N–H and O–H groups in total. The highest BCUT2D eigenvalue weighted by atomic mass is 16.2. The van der Waals surface area contributed by atoms with Crippen LogP contribution >= 0.6 is 0 Å². The van der Waals surface area contributed by atoms with Crippen molar-refractivity contribution in [3.05, 3.63) is 16.3 Å². The van der Waals surface area contributed by atoms with Gasteiger partial charge in [0.15, 0.2) is 0 Å². The van der Waals surface area contributed by atoms with Gasteiger partial charge >= 0.3 is 5.69 Å². The van der Waals surface area contributed by atoms with E-state index in [9.17, 15) is 9.59 Å². The summed E-state index contributed by atoms with van der Waals surface area (Å²) in [7, 11) is 3.37. The van der Waals surface area contributed by atoms with Gasteiger partial charge in [0.1, 0.15) is 12.4 Å². The van der Waals surface area contributed by atoms with Gasteiger partial charge in [0.05, 0.1) is 6.54 Å². The summed E-state index contributed by atoms with van der Waals surface area (Å²) in [6.45, 7) is 5.52. The summed E-state index contributed by atoms with van der Waals surface area (Å²) < 4.78 is 3.01. The van der Waals surface area contributed by atoms with Crippen LogP contribution in [0.15, 0.2) is 4.79 Å². The van der Waals surface area contributed by atoms with Crippen molar-refractivity contribution >= 4 is 5.91 Å². The maximum Gasteiger partial charge on any atom is 0.346 e. The normalized spacial score (nSPS) is 19.6. The van der Waals surface area contributed by atoms with Gasteiger partial charge < -0.3 is 10.2 Å². The Morgan fingerprint density at radius 2 is 2.04 bits per heavy atom. The first-order valence-corrected chi connectivity index (χ1v) is 8.34. The minimum absolute atomic E-state index is 0.0140. The first kappa shape index (κ1) is 16.2. The Bertz CT molecular complexity index is 614. The Labute approximate surface area is 136 Å². The highest BCUT2D eigenvalue weighted by Gasteiger charge is 2.25. The number of carbonyl (C=O) groups excluding carboxylic acids is 1. The molecule has 1 saturated heterocycles. The van der Waals surface area contributed by atoms with Gasteiger partial charge in [0.25, 0.3) is 0 Å². The Morgan fingerprint density at radius 3 is 2.74 bits per heavy atom. The lowest BCUT2D eigenvalue weighted by molar-refractivity contribution is -0.129. The molecule has 1 aromatic heterocycles. The Morgan fingerprint density at radius 1 is 1.30 bits per heavy atom. The third-order valence-electron chi connectivity index (χ3n) is 4.76. The van der Waals surface area contributed by atoms with Crippen molar-refractivity contribution in [1.29, 1.82) is 0 Å². The third kappa shape index (κ3) is 3.64. The molecular formula is C15H26N6O2. The van der Waals surface area contributed by atoms with Gasteiger partial charge in [-0.2, -0.15) is 5.10 Å². The number of nitrogens with zero attached hydrogens (tertiary/aromatic N) is 5. The van der Waals surface area contributed by atoms with E-state index in [2.05, 4.69) is 15.3 Å². The second-order valence-electron chi connectivity index (χ2n) is 6.72. The van der Waals surface area contributed by atoms with Crippen molar-refractivity contribution in [2.75, 3.05) is 40.3 Å². The van der Waals surface area contributed by atoms with E-state index in [0.717, 1.165) is 37.9 Å². The smallest absolute Gasteiger partial charge is 0.346 e.